The van der Waals surface area contributed by atoms with Crippen molar-refractivity contribution in [2.45, 2.75) is 6.92 Å². The van der Waals surface area contributed by atoms with Gasteiger partial charge < -0.3 is 14.8 Å². The molecule has 16 heavy (non-hydrogen) atoms. The first-order chi connectivity index (χ1) is 7.77. The Morgan fingerprint density at radius 1 is 1.44 bits per heavy atom. The van der Waals surface area contributed by atoms with Gasteiger partial charge in [0.15, 0.2) is 5.69 Å². The molecular weight excluding hydrogens is 210 g/mol. The van der Waals surface area contributed by atoms with E-state index in [1.165, 1.54) is 13.2 Å². The van der Waals surface area contributed by atoms with E-state index in [9.17, 15) is 4.79 Å². The largest absolute Gasteiger partial charge is 0.475 e. The third-order valence-electron chi connectivity index (χ3n) is 1.81. The van der Waals surface area contributed by atoms with E-state index in [1.54, 1.807) is 6.07 Å². The van der Waals surface area contributed by atoms with Gasteiger partial charge in [0.1, 0.15) is 6.61 Å². The van der Waals surface area contributed by atoms with Crippen molar-refractivity contribution in [1.82, 2.24) is 15.5 Å². The fourth-order valence-electron chi connectivity index (χ4n) is 1.01. The summed E-state index contributed by atoms with van der Waals surface area (Å²) in [6.07, 6.45) is 0. The van der Waals surface area contributed by atoms with E-state index < -0.39 is 5.97 Å². The number of carbonyl (C=O) groups excluding carboxylic acids is 1. The third-order valence-corrected chi connectivity index (χ3v) is 1.81. The molecule has 0 radical (unpaired) electrons. The molecule has 0 aliphatic carbocycles. The van der Waals surface area contributed by atoms with Crippen LogP contribution in [0.25, 0.3) is 0 Å². The van der Waals surface area contributed by atoms with E-state index in [0.29, 0.717) is 12.5 Å². The molecule has 1 aromatic heterocycles. The molecular formula is C10H15N3O3. The normalized spacial score (nSPS) is 9.88. The molecule has 6 nitrogen and oxygen atoms in total. The lowest BCUT2D eigenvalue weighted by molar-refractivity contribution is 0.0592. The number of ether oxygens (including phenoxy) is 2. The summed E-state index contributed by atoms with van der Waals surface area (Å²) in [5, 5.41) is 10.5. The average Bonchev–Trinajstić information content (AvgIpc) is 2.34. The maximum Gasteiger partial charge on any atom is 0.358 e. The minimum atomic E-state index is -0.508. The van der Waals surface area contributed by atoms with Crippen LogP contribution in [-0.4, -0.2) is 43.0 Å². The monoisotopic (exact) mass is 225 g/mol. The van der Waals surface area contributed by atoms with Gasteiger partial charge in [-0.3, -0.25) is 0 Å². The number of methoxy groups -OCH3 is 1. The van der Waals surface area contributed by atoms with Gasteiger partial charge in [-0.05, 0) is 12.6 Å². The lowest BCUT2D eigenvalue weighted by atomic mass is 10.4. The van der Waals surface area contributed by atoms with Crippen molar-refractivity contribution in [3.63, 3.8) is 0 Å². The van der Waals surface area contributed by atoms with E-state index in [-0.39, 0.29) is 5.69 Å². The quantitative estimate of drug-likeness (QED) is 0.552. The number of rotatable bonds is 6. The molecule has 1 heterocycles. The maximum atomic E-state index is 11.0. The van der Waals surface area contributed by atoms with E-state index >= 15 is 0 Å². The highest BCUT2D eigenvalue weighted by Gasteiger charge is 2.07. The van der Waals surface area contributed by atoms with Gasteiger partial charge in [-0.2, -0.15) is 0 Å². The number of likely N-dealkylation sites (N-methyl/N-ethyl adjacent to an activating group) is 1. The lowest BCUT2D eigenvalue weighted by Crippen LogP contribution is -2.20. The van der Waals surface area contributed by atoms with Crippen LogP contribution in [0.15, 0.2) is 12.1 Å². The highest BCUT2D eigenvalue weighted by atomic mass is 16.5. The summed E-state index contributed by atoms with van der Waals surface area (Å²) in [4.78, 5) is 11.0. The smallest absolute Gasteiger partial charge is 0.358 e. The Kier molecular flexibility index (Phi) is 5.21. The predicted molar refractivity (Wildman–Crippen MR) is 57.4 cm³/mol. The molecule has 0 fully saturated rings. The Morgan fingerprint density at radius 2 is 2.25 bits per heavy atom. The van der Waals surface area contributed by atoms with Crippen LogP contribution in [0.5, 0.6) is 5.88 Å². The first kappa shape index (κ1) is 12.4. The summed E-state index contributed by atoms with van der Waals surface area (Å²) < 4.78 is 9.79. The Hall–Kier alpha value is -1.69. The Balaban J connectivity index is 2.42. The van der Waals surface area contributed by atoms with Crippen molar-refractivity contribution in [1.29, 1.82) is 0 Å². The predicted octanol–water partition coefficient (Wildman–Crippen LogP) is 0.251. The van der Waals surface area contributed by atoms with Crippen molar-refractivity contribution in [3.05, 3.63) is 17.8 Å². The zero-order chi connectivity index (χ0) is 11.8. The number of nitrogens with zero attached hydrogens (tertiary/aromatic N) is 2. The number of nitrogens with one attached hydrogen (secondary N) is 1. The number of esters is 1. The number of aromatic nitrogens is 2. The van der Waals surface area contributed by atoms with Gasteiger partial charge in [0.05, 0.1) is 7.11 Å². The molecule has 0 aliphatic rings. The maximum absolute atomic E-state index is 11.0. The van der Waals surface area contributed by atoms with Gasteiger partial charge >= 0.3 is 5.97 Å². The van der Waals surface area contributed by atoms with Crippen LogP contribution in [0.2, 0.25) is 0 Å². The van der Waals surface area contributed by atoms with Gasteiger partial charge in [0.25, 0.3) is 0 Å². The minimum Gasteiger partial charge on any atom is -0.475 e. The first-order valence-electron chi connectivity index (χ1n) is 5.03. The molecule has 0 atom stereocenters. The fourth-order valence-corrected chi connectivity index (χ4v) is 1.01. The molecule has 0 saturated heterocycles. The van der Waals surface area contributed by atoms with Crippen molar-refractivity contribution < 1.29 is 14.3 Å². The minimum absolute atomic E-state index is 0.168. The molecule has 88 valence electrons. The third kappa shape index (κ3) is 3.82. The highest BCUT2D eigenvalue weighted by molar-refractivity contribution is 5.86. The molecule has 0 unspecified atom stereocenters. The lowest BCUT2D eigenvalue weighted by Gasteiger charge is -2.04. The summed E-state index contributed by atoms with van der Waals surface area (Å²) in [6, 6.07) is 3.10. The molecule has 1 N–H and O–H groups in total. The number of hydrogen-bond donors (Lipinski definition) is 1. The van der Waals surface area contributed by atoms with E-state index in [0.717, 1.165) is 13.1 Å². The second-order valence-corrected chi connectivity index (χ2v) is 2.95. The van der Waals surface area contributed by atoms with E-state index in [1.807, 2.05) is 6.92 Å². The Bertz CT molecular complexity index is 327. The molecule has 1 aromatic rings. The van der Waals surface area contributed by atoms with Crippen LogP contribution >= 0.6 is 0 Å². The molecule has 0 aromatic carbocycles. The molecule has 0 aliphatic heterocycles. The second-order valence-electron chi connectivity index (χ2n) is 2.95. The molecule has 0 spiro atoms. The second kappa shape index (κ2) is 6.73. The summed E-state index contributed by atoms with van der Waals surface area (Å²) >= 11 is 0. The molecule has 0 saturated carbocycles. The average molecular weight is 225 g/mol. The van der Waals surface area contributed by atoms with Gasteiger partial charge in [0.2, 0.25) is 5.88 Å². The highest BCUT2D eigenvalue weighted by Crippen LogP contribution is 2.05. The first-order valence-corrected chi connectivity index (χ1v) is 5.03. The van der Waals surface area contributed by atoms with Gasteiger partial charge in [-0.1, -0.05) is 6.92 Å². The van der Waals surface area contributed by atoms with Crippen LogP contribution in [0.4, 0.5) is 0 Å². The molecule has 0 amide bonds. The standard InChI is InChI=1S/C10H15N3O3/c1-3-11-6-7-16-9-5-4-8(12-13-9)10(14)15-2/h4-5,11H,3,6-7H2,1-2H3. The van der Waals surface area contributed by atoms with Crippen molar-refractivity contribution in [2.24, 2.45) is 0 Å². The summed E-state index contributed by atoms with van der Waals surface area (Å²) in [7, 11) is 1.30. The van der Waals surface area contributed by atoms with Gasteiger partial charge in [0, 0.05) is 12.6 Å². The van der Waals surface area contributed by atoms with Crippen LogP contribution < -0.4 is 10.1 Å². The molecule has 1 rings (SSSR count). The van der Waals surface area contributed by atoms with Gasteiger partial charge in [-0.15, -0.1) is 10.2 Å². The zero-order valence-corrected chi connectivity index (χ0v) is 9.40. The zero-order valence-electron chi connectivity index (χ0n) is 9.40. The van der Waals surface area contributed by atoms with Crippen LogP contribution in [0.1, 0.15) is 17.4 Å². The van der Waals surface area contributed by atoms with Gasteiger partial charge in [-0.25, -0.2) is 4.79 Å². The Labute approximate surface area is 94.0 Å². The van der Waals surface area contributed by atoms with Crippen molar-refractivity contribution in [3.8, 4) is 5.88 Å². The van der Waals surface area contributed by atoms with Crippen LogP contribution in [0.3, 0.4) is 0 Å². The summed E-state index contributed by atoms with van der Waals surface area (Å²) in [5.74, 6) is -0.114. The van der Waals surface area contributed by atoms with Crippen LogP contribution in [-0.2, 0) is 4.74 Å². The topological polar surface area (TPSA) is 73.3 Å². The molecule has 6 heteroatoms. The molecule has 0 bridgehead atoms. The van der Waals surface area contributed by atoms with Crippen molar-refractivity contribution in [2.75, 3.05) is 26.8 Å². The fraction of sp³-hybridized carbons (Fsp3) is 0.500. The summed E-state index contributed by atoms with van der Waals surface area (Å²) in [5.41, 5.74) is 0.168. The number of hydrogen-bond acceptors (Lipinski definition) is 6. The van der Waals surface area contributed by atoms with Crippen molar-refractivity contribution >= 4 is 5.97 Å². The van der Waals surface area contributed by atoms with E-state index in [4.69, 9.17) is 4.74 Å². The summed E-state index contributed by atoms with van der Waals surface area (Å²) in [6.45, 7) is 4.18. The SMILES string of the molecule is CCNCCOc1ccc(C(=O)OC)nn1. The van der Waals surface area contributed by atoms with E-state index in [2.05, 4.69) is 20.3 Å². The Morgan fingerprint density at radius 3 is 2.81 bits per heavy atom. The number of carbonyl (C=O) groups is 1. The van der Waals surface area contributed by atoms with Crippen LogP contribution in [0, 0.1) is 0 Å².